The molecule has 0 saturated heterocycles. The normalized spacial score (nSPS) is 2.40. The molecule has 0 aromatic carbocycles. The molecule has 5 heteroatoms. The maximum atomic E-state index is 8.11. The van der Waals surface area contributed by atoms with Crippen LogP contribution in [0.1, 0.15) is 0 Å². The Kier molecular flexibility index (Phi) is 79.3. The van der Waals surface area contributed by atoms with E-state index >= 15 is 0 Å². The smallest absolute Gasteiger partial charge is 0.152 e. The first kappa shape index (κ1) is 17.4. The molecule has 0 rings (SSSR count). The van der Waals surface area contributed by atoms with Gasteiger partial charge in [-0.25, -0.2) is 0 Å². The minimum atomic E-state index is 0. The van der Waals surface area contributed by atoms with E-state index in [-0.39, 0.29) is 39.1 Å². The standard InChI is InChI=1S/Al.HNO2.Ti/c;2-1-3;/h;(H,2,3);. The minimum absolute atomic E-state index is 0. The number of nitrogens with zero attached hydrogens (tertiary/aromatic N) is 1. The van der Waals surface area contributed by atoms with Crippen molar-refractivity contribution < 1.29 is 26.9 Å². The van der Waals surface area contributed by atoms with Crippen LogP contribution in [-0.2, 0) is 21.7 Å². The van der Waals surface area contributed by atoms with E-state index in [4.69, 9.17) is 10.1 Å². The Morgan fingerprint density at radius 1 is 1.60 bits per heavy atom. The summed E-state index contributed by atoms with van der Waals surface area (Å²) in [5.74, 6) is 0. The van der Waals surface area contributed by atoms with Crippen molar-refractivity contribution in [2.45, 2.75) is 0 Å². The molecule has 3 radical (unpaired) electrons. The largest absolute Gasteiger partial charge is 0.379 e. The molecular weight excluding hydrogens is 121 g/mol. The van der Waals surface area contributed by atoms with Gasteiger partial charge in [-0.15, -0.1) is 4.91 Å². The van der Waals surface area contributed by atoms with Crippen molar-refractivity contribution in [2.75, 3.05) is 0 Å². The van der Waals surface area contributed by atoms with Gasteiger partial charge in [0.15, 0.2) is 5.34 Å². The summed E-state index contributed by atoms with van der Waals surface area (Å²) in [4.78, 5) is 8.11. The molecule has 0 aromatic heterocycles. The van der Waals surface area contributed by atoms with Crippen LogP contribution in [0.2, 0.25) is 0 Å². The van der Waals surface area contributed by atoms with Crippen molar-refractivity contribution in [1.29, 1.82) is 0 Å². The van der Waals surface area contributed by atoms with Crippen molar-refractivity contribution >= 4 is 17.4 Å². The van der Waals surface area contributed by atoms with Crippen molar-refractivity contribution in [3.8, 4) is 0 Å². The molecule has 0 bridgehead atoms. The molecule has 0 aliphatic rings. The molecule has 0 atom stereocenters. The first-order valence-corrected chi connectivity index (χ1v) is 0.383. The molecule has 0 amide bonds. The summed E-state index contributed by atoms with van der Waals surface area (Å²) < 4.78 is 0. The monoisotopic (exact) mass is 122 g/mol. The predicted octanol–water partition coefficient (Wildman–Crippen LogP) is -0.241. The van der Waals surface area contributed by atoms with Gasteiger partial charge < -0.3 is 5.21 Å². The number of rotatable bonds is 0. The molecule has 0 aromatic rings. The second kappa shape index (κ2) is 22.8. The van der Waals surface area contributed by atoms with Gasteiger partial charge in [0.2, 0.25) is 0 Å². The third kappa shape index (κ3) is 77.8. The Morgan fingerprint density at radius 3 is 1.60 bits per heavy atom. The van der Waals surface area contributed by atoms with E-state index in [9.17, 15) is 0 Å². The molecule has 3 nitrogen and oxygen atoms in total. The Labute approximate surface area is 54.7 Å². The third-order valence-electron chi connectivity index (χ3n) is 0. The molecule has 0 fully saturated rings. The van der Waals surface area contributed by atoms with Crippen LogP contribution in [0.15, 0.2) is 5.34 Å². The molecule has 0 saturated carbocycles. The van der Waals surface area contributed by atoms with Crippen LogP contribution in [0.5, 0.6) is 0 Å². The van der Waals surface area contributed by atoms with Crippen molar-refractivity contribution in [1.82, 2.24) is 0 Å². The second-order valence-electron chi connectivity index (χ2n) is 0.0816. The maximum Gasteiger partial charge on any atom is 0.152 e. The van der Waals surface area contributed by atoms with Gasteiger partial charge in [0.1, 0.15) is 0 Å². The van der Waals surface area contributed by atoms with Crippen LogP contribution in [0.25, 0.3) is 0 Å². The van der Waals surface area contributed by atoms with Gasteiger partial charge in [-0.05, 0) is 0 Å². The van der Waals surface area contributed by atoms with Gasteiger partial charge in [-0.3, -0.25) is 0 Å². The molecule has 1 N–H and O–H groups in total. The molecule has 25 valence electrons. The number of hydrogen-bond donors (Lipinski definition) is 1. The summed E-state index contributed by atoms with van der Waals surface area (Å²) >= 11 is 0. The van der Waals surface area contributed by atoms with Gasteiger partial charge in [0, 0.05) is 39.1 Å². The van der Waals surface area contributed by atoms with E-state index < -0.39 is 0 Å². The topological polar surface area (TPSA) is 49.7 Å². The summed E-state index contributed by atoms with van der Waals surface area (Å²) in [5, 5.41) is 7.89. The fraction of sp³-hybridized carbons (Fsp3) is 0. The van der Waals surface area contributed by atoms with E-state index in [0.717, 1.165) is 0 Å². The van der Waals surface area contributed by atoms with Crippen LogP contribution in [0, 0.1) is 4.91 Å². The van der Waals surface area contributed by atoms with Crippen molar-refractivity contribution in [3.05, 3.63) is 4.91 Å². The van der Waals surface area contributed by atoms with Crippen LogP contribution < -0.4 is 0 Å². The van der Waals surface area contributed by atoms with E-state index in [0.29, 0.717) is 0 Å². The summed E-state index contributed by atoms with van der Waals surface area (Å²) in [6, 6.07) is 0. The van der Waals surface area contributed by atoms with E-state index in [1.807, 2.05) is 0 Å². The molecule has 0 spiro atoms. The van der Waals surface area contributed by atoms with E-state index in [1.54, 1.807) is 0 Å². The fourth-order valence-corrected chi connectivity index (χ4v) is 0. The summed E-state index contributed by atoms with van der Waals surface area (Å²) in [6.45, 7) is 0. The molecule has 5 heavy (non-hydrogen) atoms. The molecule has 0 unspecified atom stereocenters. The van der Waals surface area contributed by atoms with Gasteiger partial charge >= 0.3 is 0 Å². The van der Waals surface area contributed by atoms with Crippen LogP contribution >= 0.6 is 0 Å². The Bertz CT molecular complexity index is 17.1. The second-order valence-corrected chi connectivity index (χ2v) is 0.0816. The van der Waals surface area contributed by atoms with Crippen LogP contribution in [0.4, 0.5) is 0 Å². The zero-order valence-corrected chi connectivity index (χ0v) is 5.10. The first-order valence-electron chi connectivity index (χ1n) is 0.383. The summed E-state index contributed by atoms with van der Waals surface area (Å²) in [7, 11) is 0. The Morgan fingerprint density at radius 2 is 1.60 bits per heavy atom. The third-order valence-corrected chi connectivity index (χ3v) is 0. The molecule has 0 heterocycles. The fourth-order valence-electron chi connectivity index (χ4n) is 0. The van der Waals surface area contributed by atoms with Crippen LogP contribution in [0.3, 0.4) is 0 Å². The van der Waals surface area contributed by atoms with Crippen molar-refractivity contribution in [2.24, 2.45) is 5.34 Å². The minimum Gasteiger partial charge on any atom is -0.379 e. The van der Waals surface area contributed by atoms with E-state index in [1.165, 1.54) is 5.34 Å². The maximum absolute atomic E-state index is 8.11. The zero-order chi connectivity index (χ0) is 2.71. The predicted molar refractivity (Wildman–Crippen MR) is 13.3 cm³/mol. The molecular formula is HAlNO2Ti. The van der Waals surface area contributed by atoms with Gasteiger partial charge in [0.05, 0.1) is 0 Å². The average molecular weight is 122 g/mol. The van der Waals surface area contributed by atoms with Gasteiger partial charge in [-0.1, -0.05) is 0 Å². The average Bonchev–Trinajstić information content (AvgIpc) is 0.918. The van der Waals surface area contributed by atoms with E-state index in [2.05, 4.69) is 0 Å². The number of hydrogen-bond acceptors (Lipinski definition) is 2. The Hall–Kier alpha value is 0.647. The quantitative estimate of drug-likeness (QED) is 0.273. The molecule has 0 aliphatic heterocycles. The Balaban J connectivity index is -0.0000000200. The molecule has 0 aliphatic carbocycles. The van der Waals surface area contributed by atoms with Crippen LogP contribution in [-0.4, -0.2) is 22.6 Å². The zero-order valence-electron chi connectivity index (χ0n) is 2.38. The van der Waals surface area contributed by atoms with Gasteiger partial charge in [-0.2, -0.15) is 0 Å². The SMILES string of the molecule is O=NO.[Al].[Ti]. The first-order chi connectivity index (χ1) is 1.41. The van der Waals surface area contributed by atoms with Crippen molar-refractivity contribution in [3.63, 3.8) is 0 Å². The summed E-state index contributed by atoms with van der Waals surface area (Å²) in [6.07, 6.45) is 0. The van der Waals surface area contributed by atoms with Gasteiger partial charge in [0.25, 0.3) is 0 Å². The summed E-state index contributed by atoms with van der Waals surface area (Å²) in [5.41, 5.74) is 0.